The summed E-state index contributed by atoms with van der Waals surface area (Å²) in [4.78, 5) is 36.3. The zero-order valence-electron chi connectivity index (χ0n) is 19.5. The lowest BCUT2D eigenvalue weighted by atomic mass is 9.85. The SMILES string of the molecule is CCC(CC(=O)O)NC(=O)[C@@H]1CCC[C@H](NC(=O)OCC2c3ccccc3-c3ccccc32)C1. The monoisotopic (exact) mass is 464 g/mol. The maximum Gasteiger partial charge on any atom is 0.407 e. The molecule has 3 atom stereocenters. The lowest BCUT2D eigenvalue weighted by Gasteiger charge is -2.30. The fraction of sp³-hybridized carbons (Fsp3) is 0.444. The summed E-state index contributed by atoms with van der Waals surface area (Å²) in [7, 11) is 0. The summed E-state index contributed by atoms with van der Waals surface area (Å²) in [5, 5.41) is 14.8. The first-order chi connectivity index (χ1) is 16.5. The number of benzene rings is 2. The van der Waals surface area contributed by atoms with Gasteiger partial charge in [0.1, 0.15) is 6.61 Å². The molecule has 34 heavy (non-hydrogen) atoms. The summed E-state index contributed by atoms with van der Waals surface area (Å²) in [6.07, 6.45) is 2.88. The van der Waals surface area contributed by atoms with Crippen molar-refractivity contribution in [3.8, 4) is 11.1 Å². The molecule has 2 aliphatic carbocycles. The summed E-state index contributed by atoms with van der Waals surface area (Å²) < 4.78 is 5.65. The van der Waals surface area contributed by atoms with Crippen molar-refractivity contribution in [2.45, 2.75) is 63.5 Å². The van der Waals surface area contributed by atoms with Crippen LogP contribution >= 0.6 is 0 Å². The van der Waals surface area contributed by atoms with Crippen LogP contribution in [0.1, 0.15) is 62.5 Å². The quantitative estimate of drug-likeness (QED) is 0.535. The van der Waals surface area contributed by atoms with Crippen molar-refractivity contribution in [2.24, 2.45) is 5.92 Å². The molecule has 0 aliphatic heterocycles. The summed E-state index contributed by atoms with van der Waals surface area (Å²) >= 11 is 0. The van der Waals surface area contributed by atoms with Crippen molar-refractivity contribution in [2.75, 3.05) is 6.61 Å². The number of aliphatic carboxylic acids is 1. The number of nitrogens with one attached hydrogen (secondary N) is 2. The van der Waals surface area contributed by atoms with Crippen LogP contribution in [0.25, 0.3) is 11.1 Å². The highest BCUT2D eigenvalue weighted by molar-refractivity contribution is 5.80. The number of hydrogen-bond acceptors (Lipinski definition) is 4. The van der Waals surface area contributed by atoms with Gasteiger partial charge in [0, 0.05) is 23.9 Å². The molecule has 1 unspecified atom stereocenters. The largest absolute Gasteiger partial charge is 0.481 e. The Morgan fingerprint density at radius 1 is 1.03 bits per heavy atom. The molecule has 0 heterocycles. The van der Waals surface area contributed by atoms with E-state index in [4.69, 9.17) is 9.84 Å². The number of hydrogen-bond donors (Lipinski definition) is 3. The van der Waals surface area contributed by atoms with Gasteiger partial charge in [-0.2, -0.15) is 0 Å². The maximum absolute atomic E-state index is 12.7. The van der Waals surface area contributed by atoms with Gasteiger partial charge >= 0.3 is 12.1 Å². The highest BCUT2D eigenvalue weighted by atomic mass is 16.5. The van der Waals surface area contributed by atoms with Gasteiger partial charge in [0.15, 0.2) is 0 Å². The van der Waals surface area contributed by atoms with Crippen molar-refractivity contribution in [3.05, 3.63) is 59.7 Å². The molecular formula is C27H32N2O5. The Morgan fingerprint density at radius 2 is 1.68 bits per heavy atom. The number of fused-ring (bicyclic) bond motifs is 3. The zero-order chi connectivity index (χ0) is 24.1. The number of amides is 2. The van der Waals surface area contributed by atoms with Crippen LogP contribution in [0.5, 0.6) is 0 Å². The van der Waals surface area contributed by atoms with Gasteiger partial charge in [0.25, 0.3) is 0 Å². The van der Waals surface area contributed by atoms with Crippen LogP contribution in [0.3, 0.4) is 0 Å². The molecule has 2 aromatic carbocycles. The average molecular weight is 465 g/mol. The average Bonchev–Trinajstić information content (AvgIpc) is 3.16. The topological polar surface area (TPSA) is 105 Å². The Labute approximate surface area is 199 Å². The molecule has 7 heteroatoms. The first-order valence-electron chi connectivity index (χ1n) is 12.1. The van der Waals surface area contributed by atoms with Crippen molar-refractivity contribution < 1.29 is 24.2 Å². The fourth-order valence-electron chi connectivity index (χ4n) is 5.19. The van der Waals surface area contributed by atoms with Crippen molar-refractivity contribution in [3.63, 3.8) is 0 Å². The molecule has 1 saturated carbocycles. The van der Waals surface area contributed by atoms with E-state index in [1.54, 1.807) is 0 Å². The molecule has 4 rings (SSSR count). The van der Waals surface area contributed by atoms with Gasteiger partial charge in [-0.05, 0) is 47.9 Å². The molecule has 0 saturated heterocycles. The summed E-state index contributed by atoms with van der Waals surface area (Å²) in [5.74, 6) is -1.29. The number of carboxylic acids is 1. The van der Waals surface area contributed by atoms with Crippen molar-refractivity contribution in [1.82, 2.24) is 10.6 Å². The predicted molar refractivity (Wildman–Crippen MR) is 128 cm³/mol. The summed E-state index contributed by atoms with van der Waals surface area (Å²) in [6.45, 7) is 2.11. The van der Waals surface area contributed by atoms with Crippen molar-refractivity contribution >= 4 is 18.0 Å². The third-order valence-electron chi connectivity index (χ3n) is 6.97. The smallest absolute Gasteiger partial charge is 0.407 e. The van der Waals surface area contributed by atoms with Gasteiger partial charge in [0.05, 0.1) is 6.42 Å². The fourth-order valence-corrected chi connectivity index (χ4v) is 5.19. The summed E-state index contributed by atoms with van der Waals surface area (Å²) in [5.41, 5.74) is 4.69. The minimum atomic E-state index is -0.925. The molecule has 0 spiro atoms. The third kappa shape index (κ3) is 5.41. The van der Waals surface area contributed by atoms with Gasteiger partial charge in [-0.1, -0.05) is 61.9 Å². The molecular weight excluding hydrogens is 432 g/mol. The molecule has 2 aromatic rings. The van der Waals surface area contributed by atoms with E-state index in [9.17, 15) is 14.4 Å². The van der Waals surface area contributed by atoms with Crippen LogP contribution in [-0.2, 0) is 14.3 Å². The van der Waals surface area contributed by atoms with Crippen LogP contribution in [0.15, 0.2) is 48.5 Å². The van der Waals surface area contributed by atoms with E-state index < -0.39 is 12.1 Å². The highest BCUT2D eigenvalue weighted by Crippen LogP contribution is 2.44. The van der Waals surface area contributed by atoms with Crippen LogP contribution in [0.4, 0.5) is 4.79 Å². The van der Waals surface area contributed by atoms with Gasteiger partial charge in [-0.25, -0.2) is 4.79 Å². The number of carbonyl (C=O) groups excluding carboxylic acids is 2. The maximum atomic E-state index is 12.7. The molecule has 2 amide bonds. The number of alkyl carbamates (subject to hydrolysis) is 1. The minimum Gasteiger partial charge on any atom is -0.481 e. The van der Waals surface area contributed by atoms with Crippen molar-refractivity contribution in [1.29, 1.82) is 0 Å². The Bertz CT molecular complexity index is 1010. The second-order valence-corrected chi connectivity index (χ2v) is 9.24. The molecule has 7 nitrogen and oxygen atoms in total. The second-order valence-electron chi connectivity index (χ2n) is 9.24. The standard InChI is InChI=1S/C27H32N2O5/c1-2-18(15-25(30)31)28-26(32)17-8-7-9-19(14-17)29-27(33)34-16-24-22-12-5-3-10-20(22)21-11-4-6-13-23(21)24/h3-6,10-13,17-19,24H,2,7-9,14-16H2,1H3,(H,28,32)(H,29,33)(H,30,31)/t17-,18?,19+/m1/s1. The molecule has 180 valence electrons. The first-order valence-corrected chi connectivity index (χ1v) is 12.1. The number of rotatable bonds is 8. The Balaban J connectivity index is 1.31. The first kappa shape index (κ1) is 23.8. The molecule has 0 aromatic heterocycles. The van der Waals surface area contributed by atoms with E-state index in [2.05, 4.69) is 34.9 Å². The molecule has 3 N–H and O–H groups in total. The highest BCUT2D eigenvalue weighted by Gasteiger charge is 2.31. The van der Waals surface area contributed by atoms with E-state index in [1.807, 2.05) is 31.2 Å². The number of carbonyl (C=O) groups is 3. The van der Waals surface area contributed by atoms with E-state index >= 15 is 0 Å². The van der Waals surface area contributed by atoms with Gasteiger partial charge in [-0.3, -0.25) is 9.59 Å². The van der Waals surface area contributed by atoms with Crippen LogP contribution in [-0.4, -0.2) is 41.8 Å². The molecule has 2 aliphatic rings. The minimum absolute atomic E-state index is 0.00300. The molecule has 1 fully saturated rings. The van der Waals surface area contributed by atoms with Crippen LogP contribution in [0.2, 0.25) is 0 Å². The Morgan fingerprint density at radius 3 is 2.29 bits per heavy atom. The van der Waals surface area contributed by atoms with Crippen LogP contribution < -0.4 is 10.6 Å². The number of carboxylic acid groups (broad SMARTS) is 1. The Hall–Kier alpha value is -3.35. The number of ether oxygens (including phenoxy) is 1. The van der Waals surface area contributed by atoms with E-state index in [1.165, 1.54) is 11.1 Å². The van der Waals surface area contributed by atoms with E-state index in [0.29, 0.717) is 12.8 Å². The van der Waals surface area contributed by atoms with Crippen LogP contribution in [0, 0.1) is 5.92 Å². The Kier molecular flexibility index (Phi) is 7.50. The second kappa shape index (κ2) is 10.7. The van der Waals surface area contributed by atoms with Gasteiger partial charge in [-0.15, -0.1) is 0 Å². The van der Waals surface area contributed by atoms with E-state index in [0.717, 1.165) is 30.4 Å². The predicted octanol–water partition coefficient (Wildman–Crippen LogP) is 4.45. The van der Waals surface area contributed by atoms with Gasteiger partial charge < -0.3 is 20.5 Å². The van der Waals surface area contributed by atoms with E-state index in [-0.39, 0.29) is 42.9 Å². The lowest BCUT2D eigenvalue weighted by molar-refractivity contribution is -0.138. The third-order valence-corrected chi connectivity index (χ3v) is 6.97. The molecule has 0 radical (unpaired) electrons. The summed E-state index contributed by atoms with van der Waals surface area (Å²) in [6, 6.07) is 15.9. The lowest BCUT2D eigenvalue weighted by Crippen LogP contribution is -2.45. The normalized spacial score (nSPS) is 20.0. The zero-order valence-corrected chi connectivity index (χ0v) is 19.5. The van der Waals surface area contributed by atoms with Gasteiger partial charge in [0.2, 0.25) is 5.91 Å². The molecule has 0 bridgehead atoms.